The minimum Gasteiger partial charge on any atom is -0.481 e. The first-order chi connectivity index (χ1) is 11.8. The molecular formula is C17H22N2O5S. The Kier molecular flexibility index (Phi) is 4.83. The molecule has 2 heterocycles. The molecule has 2 aliphatic rings. The summed E-state index contributed by atoms with van der Waals surface area (Å²) in [6, 6.07) is 6.91. The predicted octanol–water partition coefficient (Wildman–Crippen LogP) is 1.16. The molecule has 0 aliphatic carbocycles. The van der Waals surface area contributed by atoms with Crippen LogP contribution in [0.15, 0.2) is 35.2 Å². The summed E-state index contributed by atoms with van der Waals surface area (Å²) < 4.78 is 27.0. The fourth-order valence-corrected chi connectivity index (χ4v) is 5.45. The van der Waals surface area contributed by atoms with E-state index in [1.165, 1.54) is 21.3 Å². The Morgan fingerprint density at radius 2 is 1.80 bits per heavy atom. The van der Waals surface area contributed by atoms with E-state index < -0.39 is 34.0 Å². The lowest BCUT2D eigenvalue weighted by atomic mass is 10.0. The molecule has 3 atom stereocenters. The highest BCUT2D eigenvalue weighted by molar-refractivity contribution is 7.89. The van der Waals surface area contributed by atoms with Gasteiger partial charge in [0.15, 0.2) is 0 Å². The summed E-state index contributed by atoms with van der Waals surface area (Å²) in [4.78, 5) is 25.9. The number of aliphatic carboxylic acids is 1. The third-order valence-electron chi connectivity index (χ3n) is 5.19. The molecule has 0 radical (unpaired) electrons. The number of hydrogen-bond donors (Lipinski definition) is 1. The zero-order chi connectivity index (χ0) is 18.2. The monoisotopic (exact) mass is 366 g/mol. The Morgan fingerprint density at radius 3 is 2.40 bits per heavy atom. The van der Waals surface area contributed by atoms with Crippen molar-refractivity contribution in [2.24, 2.45) is 5.92 Å². The molecule has 1 amide bonds. The van der Waals surface area contributed by atoms with Gasteiger partial charge in [-0.1, -0.05) is 18.2 Å². The number of rotatable bonds is 4. The van der Waals surface area contributed by atoms with Gasteiger partial charge in [-0.2, -0.15) is 4.31 Å². The van der Waals surface area contributed by atoms with Crippen molar-refractivity contribution in [1.29, 1.82) is 0 Å². The average molecular weight is 366 g/mol. The Bertz CT molecular complexity index is 765. The van der Waals surface area contributed by atoms with E-state index in [0.717, 1.165) is 0 Å². The summed E-state index contributed by atoms with van der Waals surface area (Å²) >= 11 is 0. The van der Waals surface area contributed by atoms with E-state index >= 15 is 0 Å². The number of nitrogens with zero attached hydrogens (tertiary/aromatic N) is 2. The van der Waals surface area contributed by atoms with Crippen molar-refractivity contribution in [2.75, 3.05) is 13.1 Å². The lowest BCUT2D eigenvalue weighted by molar-refractivity contribution is -0.143. The standard InChI is InChI=1S/C17H22N2O5S/c1-12-14(17(21)22)9-11-18(12)16(20)15-8-5-10-19(15)25(23,24)13-6-3-2-4-7-13/h2-4,6-7,12,14-15H,5,8-11H2,1H3,(H,21,22). The highest BCUT2D eigenvalue weighted by atomic mass is 32.2. The van der Waals surface area contributed by atoms with Crippen molar-refractivity contribution in [2.45, 2.75) is 43.2 Å². The molecule has 2 fully saturated rings. The number of carbonyl (C=O) groups is 2. The number of amides is 1. The molecular weight excluding hydrogens is 344 g/mol. The number of benzene rings is 1. The molecule has 136 valence electrons. The van der Waals surface area contributed by atoms with Gasteiger partial charge in [0.05, 0.1) is 10.8 Å². The van der Waals surface area contributed by atoms with Crippen LogP contribution in [0.1, 0.15) is 26.2 Å². The molecule has 0 bridgehead atoms. The van der Waals surface area contributed by atoms with Gasteiger partial charge in [-0.3, -0.25) is 9.59 Å². The molecule has 7 nitrogen and oxygen atoms in total. The number of likely N-dealkylation sites (tertiary alicyclic amines) is 1. The van der Waals surface area contributed by atoms with Gasteiger partial charge in [-0.05, 0) is 38.3 Å². The van der Waals surface area contributed by atoms with E-state index in [-0.39, 0.29) is 10.8 Å². The second-order valence-corrected chi connectivity index (χ2v) is 8.48. The second kappa shape index (κ2) is 6.76. The average Bonchev–Trinajstić information content (AvgIpc) is 3.22. The molecule has 0 aromatic heterocycles. The molecule has 1 aromatic carbocycles. The minimum absolute atomic E-state index is 0.174. The lowest BCUT2D eigenvalue weighted by Crippen LogP contribution is -2.49. The molecule has 2 aliphatic heterocycles. The topological polar surface area (TPSA) is 95.0 Å². The molecule has 1 N–H and O–H groups in total. The van der Waals surface area contributed by atoms with Gasteiger partial charge in [-0.25, -0.2) is 8.42 Å². The summed E-state index contributed by atoms with van der Waals surface area (Å²) in [7, 11) is -3.74. The quantitative estimate of drug-likeness (QED) is 0.863. The van der Waals surface area contributed by atoms with E-state index in [2.05, 4.69) is 0 Å². The third kappa shape index (κ3) is 3.16. The molecule has 25 heavy (non-hydrogen) atoms. The maximum absolute atomic E-state index is 12.9. The summed E-state index contributed by atoms with van der Waals surface area (Å²) in [6.07, 6.45) is 1.49. The Hall–Kier alpha value is -1.93. The van der Waals surface area contributed by atoms with Crippen LogP contribution in [-0.4, -0.2) is 59.8 Å². The molecule has 3 rings (SSSR count). The Labute approximate surface area is 147 Å². The van der Waals surface area contributed by atoms with Gasteiger partial charge in [0.1, 0.15) is 6.04 Å². The van der Waals surface area contributed by atoms with Gasteiger partial charge < -0.3 is 10.0 Å². The molecule has 2 saturated heterocycles. The van der Waals surface area contributed by atoms with E-state index in [4.69, 9.17) is 0 Å². The van der Waals surface area contributed by atoms with Crippen LogP contribution in [0, 0.1) is 5.92 Å². The van der Waals surface area contributed by atoms with Crippen LogP contribution < -0.4 is 0 Å². The minimum atomic E-state index is -3.74. The Morgan fingerprint density at radius 1 is 1.12 bits per heavy atom. The maximum Gasteiger partial charge on any atom is 0.308 e. The molecule has 0 saturated carbocycles. The first-order valence-electron chi connectivity index (χ1n) is 8.44. The van der Waals surface area contributed by atoms with Crippen LogP contribution in [0.3, 0.4) is 0 Å². The van der Waals surface area contributed by atoms with Crippen molar-refractivity contribution in [3.05, 3.63) is 30.3 Å². The van der Waals surface area contributed by atoms with Crippen molar-refractivity contribution in [1.82, 2.24) is 9.21 Å². The largest absolute Gasteiger partial charge is 0.481 e. The zero-order valence-electron chi connectivity index (χ0n) is 14.0. The van der Waals surface area contributed by atoms with Crippen LogP contribution in [0.4, 0.5) is 0 Å². The van der Waals surface area contributed by atoms with Crippen LogP contribution >= 0.6 is 0 Å². The zero-order valence-corrected chi connectivity index (χ0v) is 14.9. The van der Waals surface area contributed by atoms with Gasteiger partial charge in [0, 0.05) is 19.1 Å². The molecule has 1 aromatic rings. The van der Waals surface area contributed by atoms with Gasteiger partial charge in [0.25, 0.3) is 0 Å². The Balaban J connectivity index is 1.83. The fraction of sp³-hybridized carbons (Fsp3) is 0.529. The van der Waals surface area contributed by atoms with E-state index in [9.17, 15) is 23.1 Å². The lowest BCUT2D eigenvalue weighted by Gasteiger charge is -2.30. The van der Waals surface area contributed by atoms with Crippen molar-refractivity contribution >= 4 is 21.9 Å². The van der Waals surface area contributed by atoms with E-state index in [1.807, 2.05) is 0 Å². The highest BCUT2D eigenvalue weighted by Crippen LogP contribution is 2.31. The highest BCUT2D eigenvalue weighted by Gasteiger charge is 2.45. The second-order valence-electron chi connectivity index (χ2n) is 6.59. The van der Waals surface area contributed by atoms with Crippen molar-refractivity contribution in [3.63, 3.8) is 0 Å². The third-order valence-corrected chi connectivity index (χ3v) is 7.12. The van der Waals surface area contributed by atoms with Crippen LogP contribution in [0.2, 0.25) is 0 Å². The summed E-state index contributed by atoms with van der Waals surface area (Å²) in [5.74, 6) is -1.79. The fourth-order valence-electron chi connectivity index (χ4n) is 3.77. The maximum atomic E-state index is 12.9. The summed E-state index contributed by atoms with van der Waals surface area (Å²) in [5.41, 5.74) is 0. The SMILES string of the molecule is CC1C(C(=O)O)CCN1C(=O)C1CCCN1S(=O)(=O)c1ccccc1. The first kappa shape index (κ1) is 17.9. The summed E-state index contributed by atoms with van der Waals surface area (Å²) in [5, 5.41) is 9.23. The molecule has 3 unspecified atom stereocenters. The van der Waals surface area contributed by atoms with Gasteiger partial charge in [-0.15, -0.1) is 0 Å². The van der Waals surface area contributed by atoms with E-state index in [0.29, 0.717) is 32.4 Å². The number of carboxylic acids is 1. The van der Waals surface area contributed by atoms with E-state index in [1.54, 1.807) is 25.1 Å². The normalized spacial score (nSPS) is 27.6. The van der Waals surface area contributed by atoms with Gasteiger partial charge >= 0.3 is 5.97 Å². The number of hydrogen-bond acceptors (Lipinski definition) is 4. The number of carboxylic acid groups (broad SMARTS) is 1. The summed E-state index contributed by atoms with van der Waals surface area (Å²) in [6.45, 7) is 2.37. The van der Waals surface area contributed by atoms with Crippen LogP contribution in [0.25, 0.3) is 0 Å². The van der Waals surface area contributed by atoms with Crippen molar-refractivity contribution in [3.8, 4) is 0 Å². The smallest absolute Gasteiger partial charge is 0.308 e. The van der Waals surface area contributed by atoms with Crippen LogP contribution in [-0.2, 0) is 19.6 Å². The van der Waals surface area contributed by atoms with Crippen LogP contribution in [0.5, 0.6) is 0 Å². The van der Waals surface area contributed by atoms with Gasteiger partial charge in [0.2, 0.25) is 15.9 Å². The van der Waals surface area contributed by atoms with Crippen molar-refractivity contribution < 1.29 is 23.1 Å². The molecule has 8 heteroatoms. The number of sulfonamides is 1. The number of carbonyl (C=O) groups excluding carboxylic acids is 1. The predicted molar refractivity (Wildman–Crippen MR) is 90.3 cm³/mol. The first-order valence-corrected chi connectivity index (χ1v) is 9.88. The molecule has 0 spiro atoms.